The first-order valence-corrected chi connectivity index (χ1v) is 8.37. The second kappa shape index (κ2) is 9.49. The minimum atomic E-state index is -0.796. The number of hydrogen-bond acceptors (Lipinski definition) is 6. The van der Waals surface area contributed by atoms with Crippen molar-refractivity contribution in [3.63, 3.8) is 0 Å². The third-order valence-electron chi connectivity index (χ3n) is 2.16. The molecule has 1 heterocycles. The Labute approximate surface area is 125 Å². The molecule has 1 aromatic heterocycles. The maximum Gasteiger partial charge on any atom is 0.304 e. The molecule has 0 spiro atoms. The molecular formula is C12H16N2O4S2. The lowest BCUT2D eigenvalue weighted by Gasteiger charge is -2.07. The Bertz CT molecular complexity index is 457. The van der Waals surface area contributed by atoms with E-state index in [0.717, 1.165) is 0 Å². The van der Waals surface area contributed by atoms with E-state index in [1.807, 2.05) is 0 Å². The van der Waals surface area contributed by atoms with Gasteiger partial charge in [-0.1, -0.05) is 21.6 Å². The SMILES string of the molecule is COc1ncccc1C(=O)NCCSSCCC(=O)O. The fourth-order valence-electron chi connectivity index (χ4n) is 1.27. The molecule has 6 nitrogen and oxygen atoms in total. The summed E-state index contributed by atoms with van der Waals surface area (Å²) < 4.78 is 5.01. The van der Waals surface area contributed by atoms with E-state index in [2.05, 4.69) is 10.3 Å². The van der Waals surface area contributed by atoms with Crippen LogP contribution in [0.1, 0.15) is 16.8 Å². The van der Waals surface area contributed by atoms with Gasteiger partial charge in [0.15, 0.2) is 0 Å². The first-order valence-electron chi connectivity index (χ1n) is 5.88. The molecular weight excluding hydrogens is 300 g/mol. The summed E-state index contributed by atoms with van der Waals surface area (Å²) in [5.74, 6) is 0.540. The van der Waals surface area contributed by atoms with Crippen molar-refractivity contribution in [1.82, 2.24) is 10.3 Å². The number of aromatic nitrogens is 1. The second-order valence-electron chi connectivity index (χ2n) is 3.60. The molecule has 0 aliphatic heterocycles. The van der Waals surface area contributed by atoms with E-state index < -0.39 is 5.97 Å². The number of carbonyl (C=O) groups excluding carboxylic acids is 1. The summed E-state index contributed by atoms with van der Waals surface area (Å²) in [5.41, 5.74) is 0.401. The minimum absolute atomic E-state index is 0.150. The van der Waals surface area contributed by atoms with Crippen molar-refractivity contribution in [2.75, 3.05) is 25.2 Å². The van der Waals surface area contributed by atoms with Crippen molar-refractivity contribution >= 4 is 33.5 Å². The Balaban J connectivity index is 2.22. The smallest absolute Gasteiger partial charge is 0.304 e. The molecule has 1 rings (SSSR count). The lowest BCUT2D eigenvalue weighted by molar-refractivity contribution is -0.136. The molecule has 1 amide bonds. The molecule has 8 heteroatoms. The van der Waals surface area contributed by atoms with E-state index in [1.54, 1.807) is 18.3 Å². The monoisotopic (exact) mass is 316 g/mol. The molecule has 0 radical (unpaired) electrons. The highest BCUT2D eigenvalue weighted by Crippen LogP contribution is 2.21. The van der Waals surface area contributed by atoms with E-state index in [4.69, 9.17) is 9.84 Å². The highest BCUT2D eigenvalue weighted by molar-refractivity contribution is 8.76. The molecule has 0 atom stereocenters. The van der Waals surface area contributed by atoms with Gasteiger partial charge in [0.05, 0.1) is 13.5 Å². The van der Waals surface area contributed by atoms with Gasteiger partial charge in [-0.2, -0.15) is 0 Å². The molecule has 0 saturated heterocycles. The molecule has 0 unspecified atom stereocenters. The largest absolute Gasteiger partial charge is 0.481 e. The Morgan fingerprint density at radius 3 is 2.85 bits per heavy atom. The molecule has 2 N–H and O–H groups in total. The van der Waals surface area contributed by atoms with Crippen LogP contribution in [0.15, 0.2) is 18.3 Å². The summed E-state index contributed by atoms with van der Waals surface area (Å²) in [6, 6.07) is 3.32. The molecule has 0 aliphatic carbocycles. The zero-order chi connectivity index (χ0) is 14.8. The number of hydrogen-bond donors (Lipinski definition) is 2. The number of carboxylic acid groups (broad SMARTS) is 1. The molecule has 0 aliphatic rings. The van der Waals surface area contributed by atoms with E-state index >= 15 is 0 Å². The van der Waals surface area contributed by atoms with E-state index in [-0.39, 0.29) is 12.3 Å². The zero-order valence-corrected chi connectivity index (χ0v) is 12.6. The molecule has 0 saturated carbocycles. The molecule has 1 aromatic rings. The number of nitrogens with one attached hydrogen (secondary N) is 1. The first-order chi connectivity index (χ1) is 9.65. The summed E-state index contributed by atoms with van der Waals surface area (Å²) in [6.07, 6.45) is 1.71. The normalized spacial score (nSPS) is 10.1. The number of carbonyl (C=O) groups is 2. The Kier molecular flexibility index (Phi) is 7.89. The first kappa shape index (κ1) is 16.6. The van der Waals surface area contributed by atoms with Crippen LogP contribution in [-0.2, 0) is 4.79 Å². The van der Waals surface area contributed by atoms with Gasteiger partial charge in [0.25, 0.3) is 5.91 Å². The number of carboxylic acids is 1. The lowest BCUT2D eigenvalue weighted by Crippen LogP contribution is -2.26. The highest BCUT2D eigenvalue weighted by atomic mass is 33.1. The van der Waals surface area contributed by atoms with E-state index in [9.17, 15) is 9.59 Å². The second-order valence-corrected chi connectivity index (χ2v) is 6.31. The van der Waals surface area contributed by atoms with Crippen LogP contribution in [0.25, 0.3) is 0 Å². The summed E-state index contributed by atoms with van der Waals surface area (Å²) in [7, 11) is 4.48. The number of amides is 1. The molecule has 0 bridgehead atoms. The van der Waals surface area contributed by atoms with Gasteiger partial charge in [-0.25, -0.2) is 4.98 Å². The van der Waals surface area contributed by atoms with Crippen LogP contribution in [0.5, 0.6) is 5.88 Å². The van der Waals surface area contributed by atoms with Crippen molar-refractivity contribution < 1.29 is 19.4 Å². The predicted molar refractivity (Wildman–Crippen MR) is 80.3 cm³/mol. The summed E-state index contributed by atoms with van der Waals surface area (Å²) in [4.78, 5) is 26.1. The maximum absolute atomic E-state index is 11.9. The van der Waals surface area contributed by atoms with Crippen LogP contribution in [0, 0.1) is 0 Å². The van der Waals surface area contributed by atoms with Gasteiger partial charge < -0.3 is 15.2 Å². The Morgan fingerprint density at radius 1 is 1.40 bits per heavy atom. The average Bonchev–Trinajstić information content (AvgIpc) is 2.45. The Hall–Kier alpha value is -1.41. The number of rotatable bonds is 9. The van der Waals surface area contributed by atoms with Crippen LogP contribution in [0.3, 0.4) is 0 Å². The number of aliphatic carboxylic acids is 1. The summed E-state index contributed by atoms with van der Waals surface area (Å²) in [6.45, 7) is 0.502. The van der Waals surface area contributed by atoms with Crippen molar-refractivity contribution in [3.8, 4) is 5.88 Å². The third-order valence-corrected chi connectivity index (χ3v) is 4.57. The molecule has 20 heavy (non-hydrogen) atoms. The van der Waals surface area contributed by atoms with Gasteiger partial charge in [-0.15, -0.1) is 0 Å². The van der Waals surface area contributed by atoms with Gasteiger partial charge in [0.2, 0.25) is 5.88 Å². The topological polar surface area (TPSA) is 88.5 Å². The average molecular weight is 316 g/mol. The fraction of sp³-hybridized carbons (Fsp3) is 0.417. The Morgan fingerprint density at radius 2 is 2.15 bits per heavy atom. The number of pyridine rings is 1. The van der Waals surface area contributed by atoms with Gasteiger partial charge in [0, 0.05) is 24.2 Å². The predicted octanol–water partition coefficient (Wildman–Crippen LogP) is 1.68. The van der Waals surface area contributed by atoms with Crippen LogP contribution in [0.2, 0.25) is 0 Å². The van der Waals surface area contributed by atoms with Crippen molar-refractivity contribution in [1.29, 1.82) is 0 Å². The standard InChI is InChI=1S/C12H16N2O4S2/c1-18-12-9(3-2-5-14-12)11(17)13-6-8-20-19-7-4-10(15)16/h2-3,5H,4,6-8H2,1H3,(H,13,17)(H,15,16). The minimum Gasteiger partial charge on any atom is -0.481 e. The number of nitrogens with zero attached hydrogens (tertiary/aromatic N) is 1. The number of ether oxygens (including phenoxy) is 1. The van der Waals surface area contributed by atoms with Gasteiger partial charge in [-0.05, 0) is 12.1 Å². The van der Waals surface area contributed by atoms with Crippen LogP contribution in [0.4, 0.5) is 0 Å². The molecule has 0 fully saturated rings. The van der Waals surface area contributed by atoms with Crippen LogP contribution < -0.4 is 10.1 Å². The lowest BCUT2D eigenvalue weighted by atomic mass is 10.2. The van der Waals surface area contributed by atoms with E-state index in [1.165, 1.54) is 28.7 Å². The summed E-state index contributed by atoms with van der Waals surface area (Å²) >= 11 is 0. The van der Waals surface area contributed by atoms with E-state index in [0.29, 0.717) is 29.5 Å². The van der Waals surface area contributed by atoms with Crippen molar-refractivity contribution in [3.05, 3.63) is 23.9 Å². The van der Waals surface area contributed by atoms with Gasteiger partial charge in [-0.3, -0.25) is 9.59 Å². The highest BCUT2D eigenvalue weighted by Gasteiger charge is 2.11. The van der Waals surface area contributed by atoms with Crippen molar-refractivity contribution in [2.45, 2.75) is 6.42 Å². The van der Waals surface area contributed by atoms with Crippen molar-refractivity contribution in [2.24, 2.45) is 0 Å². The van der Waals surface area contributed by atoms with Gasteiger partial charge in [0.1, 0.15) is 5.56 Å². The maximum atomic E-state index is 11.9. The van der Waals surface area contributed by atoms with Crippen LogP contribution in [-0.4, -0.2) is 47.1 Å². The molecule has 110 valence electrons. The fourth-order valence-corrected chi connectivity index (χ4v) is 3.16. The third kappa shape index (κ3) is 6.16. The van der Waals surface area contributed by atoms with Crippen LogP contribution >= 0.6 is 21.6 Å². The van der Waals surface area contributed by atoms with Gasteiger partial charge >= 0.3 is 5.97 Å². The zero-order valence-electron chi connectivity index (χ0n) is 11.0. The summed E-state index contributed by atoms with van der Waals surface area (Å²) in [5, 5.41) is 11.2. The molecule has 0 aromatic carbocycles. The quantitative estimate of drug-likeness (QED) is 0.529. The number of methoxy groups -OCH3 is 1.